The van der Waals surface area contributed by atoms with E-state index in [1.807, 2.05) is 20.8 Å². The van der Waals surface area contributed by atoms with E-state index in [1.165, 1.54) is 13.3 Å². The largest absolute Gasteiger partial charge is 0.481 e. The topological polar surface area (TPSA) is 75.5 Å². The molecule has 1 aliphatic rings. The van der Waals surface area contributed by atoms with Crippen LogP contribution >= 0.6 is 0 Å². The van der Waals surface area contributed by atoms with Gasteiger partial charge in [0.2, 0.25) is 5.88 Å². The highest BCUT2D eigenvalue weighted by Crippen LogP contribution is 2.38. The van der Waals surface area contributed by atoms with E-state index in [0.29, 0.717) is 42.7 Å². The van der Waals surface area contributed by atoms with Crippen LogP contribution in [0, 0.1) is 25.5 Å². The fourth-order valence-corrected chi connectivity index (χ4v) is 3.93. The molecule has 1 atom stereocenters. The fourth-order valence-electron chi connectivity index (χ4n) is 3.93. The molecule has 36 heavy (non-hydrogen) atoms. The van der Waals surface area contributed by atoms with Crippen LogP contribution in [0.15, 0.2) is 24.4 Å². The van der Waals surface area contributed by atoms with Gasteiger partial charge in [0.05, 0.1) is 37.2 Å². The number of halogens is 2. The van der Waals surface area contributed by atoms with Gasteiger partial charge in [-0.2, -0.15) is 5.10 Å². The first-order valence-electron chi connectivity index (χ1n) is 12.0. The number of aldehydes is 1. The highest BCUT2D eigenvalue weighted by molar-refractivity contribution is 5.87. The molecule has 0 amide bonds. The minimum atomic E-state index is -0.669. The SMILES string of the molecule is CC.CCOC.COc1nc(C)cc(C)c1-c1cc(F)c(-c2c(C=O)cnn2[C@H]2CCOC2)cc1F. The maximum atomic E-state index is 15.3. The van der Waals surface area contributed by atoms with Gasteiger partial charge in [-0.15, -0.1) is 0 Å². The van der Waals surface area contributed by atoms with Crippen molar-refractivity contribution in [2.24, 2.45) is 0 Å². The second-order valence-electron chi connectivity index (χ2n) is 7.88. The zero-order valence-corrected chi connectivity index (χ0v) is 22.0. The first-order chi connectivity index (χ1) is 17.4. The number of ether oxygens (including phenoxy) is 3. The normalized spacial score (nSPS) is 14.4. The maximum Gasteiger partial charge on any atom is 0.221 e. The Hall–Kier alpha value is -3.17. The molecular formula is C27H35F2N3O4. The fraction of sp³-hybridized carbons (Fsp3) is 0.444. The first kappa shape index (κ1) is 29.1. The van der Waals surface area contributed by atoms with Crippen molar-refractivity contribution >= 4 is 6.29 Å². The molecule has 1 saturated heterocycles. The van der Waals surface area contributed by atoms with E-state index in [9.17, 15) is 4.79 Å². The summed E-state index contributed by atoms with van der Waals surface area (Å²) in [5.74, 6) is -1.09. The Kier molecular flexibility index (Phi) is 11.1. The number of methoxy groups -OCH3 is 2. The zero-order chi connectivity index (χ0) is 26.8. The van der Waals surface area contributed by atoms with Gasteiger partial charge in [-0.25, -0.2) is 13.8 Å². The molecule has 2 aromatic heterocycles. The number of rotatable bonds is 6. The Morgan fingerprint density at radius 1 is 1.14 bits per heavy atom. The molecule has 9 heteroatoms. The van der Waals surface area contributed by atoms with Crippen LogP contribution in [0.2, 0.25) is 0 Å². The molecular weight excluding hydrogens is 468 g/mol. The molecule has 3 heterocycles. The molecule has 1 aliphatic heterocycles. The van der Waals surface area contributed by atoms with Gasteiger partial charge >= 0.3 is 0 Å². The average Bonchev–Trinajstić information content (AvgIpc) is 3.56. The van der Waals surface area contributed by atoms with Gasteiger partial charge in [-0.3, -0.25) is 9.48 Å². The summed E-state index contributed by atoms with van der Waals surface area (Å²) in [7, 11) is 3.12. The van der Waals surface area contributed by atoms with Crippen molar-refractivity contribution in [3.63, 3.8) is 0 Å². The summed E-state index contributed by atoms with van der Waals surface area (Å²) in [6, 6.07) is 3.85. The Morgan fingerprint density at radius 3 is 2.33 bits per heavy atom. The van der Waals surface area contributed by atoms with E-state index < -0.39 is 11.6 Å². The highest BCUT2D eigenvalue weighted by atomic mass is 19.1. The van der Waals surface area contributed by atoms with Crippen LogP contribution in [0.5, 0.6) is 5.88 Å². The summed E-state index contributed by atoms with van der Waals surface area (Å²) in [6.07, 6.45) is 2.64. The van der Waals surface area contributed by atoms with Crippen molar-refractivity contribution in [1.29, 1.82) is 0 Å². The number of carbonyl (C=O) groups is 1. The lowest BCUT2D eigenvalue weighted by Gasteiger charge is -2.17. The molecule has 196 valence electrons. The van der Waals surface area contributed by atoms with Crippen LogP contribution in [0.3, 0.4) is 0 Å². The average molecular weight is 504 g/mol. The van der Waals surface area contributed by atoms with E-state index >= 15 is 8.78 Å². The summed E-state index contributed by atoms with van der Waals surface area (Å²) in [4.78, 5) is 15.8. The van der Waals surface area contributed by atoms with E-state index in [2.05, 4.69) is 14.8 Å². The van der Waals surface area contributed by atoms with Crippen molar-refractivity contribution < 1.29 is 27.8 Å². The number of hydrogen-bond acceptors (Lipinski definition) is 6. The van der Waals surface area contributed by atoms with Gasteiger partial charge in [0.15, 0.2) is 6.29 Å². The third kappa shape index (κ3) is 6.33. The summed E-state index contributed by atoms with van der Waals surface area (Å²) in [6.45, 7) is 11.3. The summed E-state index contributed by atoms with van der Waals surface area (Å²) >= 11 is 0. The molecule has 4 rings (SSSR count). The number of nitrogens with zero attached hydrogens (tertiary/aromatic N) is 3. The third-order valence-electron chi connectivity index (χ3n) is 5.58. The minimum Gasteiger partial charge on any atom is -0.481 e. The Labute approximate surface area is 211 Å². The third-order valence-corrected chi connectivity index (χ3v) is 5.58. The van der Waals surface area contributed by atoms with Crippen LogP contribution in [0.25, 0.3) is 22.4 Å². The summed E-state index contributed by atoms with van der Waals surface area (Å²) < 4.78 is 47.3. The molecule has 1 fully saturated rings. The molecule has 0 N–H and O–H groups in total. The van der Waals surface area contributed by atoms with Crippen LogP contribution < -0.4 is 4.74 Å². The highest BCUT2D eigenvalue weighted by Gasteiger charge is 2.27. The Morgan fingerprint density at radius 2 is 1.78 bits per heavy atom. The second kappa shape index (κ2) is 13.8. The zero-order valence-electron chi connectivity index (χ0n) is 22.0. The number of benzene rings is 1. The molecule has 3 aromatic rings. The van der Waals surface area contributed by atoms with Gasteiger partial charge in [0.25, 0.3) is 0 Å². The van der Waals surface area contributed by atoms with Gasteiger partial charge in [0.1, 0.15) is 11.6 Å². The Balaban J connectivity index is 0.000000694. The van der Waals surface area contributed by atoms with Crippen LogP contribution in [-0.4, -0.2) is 55.1 Å². The molecule has 7 nitrogen and oxygen atoms in total. The number of carbonyl (C=O) groups excluding carboxylic acids is 1. The lowest BCUT2D eigenvalue weighted by molar-refractivity contribution is 0.112. The minimum absolute atomic E-state index is 0.0283. The van der Waals surface area contributed by atoms with Gasteiger partial charge in [0, 0.05) is 42.7 Å². The van der Waals surface area contributed by atoms with Crippen LogP contribution in [0.4, 0.5) is 8.78 Å². The number of pyridine rings is 1. The van der Waals surface area contributed by atoms with E-state index in [1.54, 1.807) is 31.7 Å². The van der Waals surface area contributed by atoms with Crippen LogP contribution in [-0.2, 0) is 9.47 Å². The monoisotopic (exact) mass is 503 g/mol. The number of hydrogen-bond donors (Lipinski definition) is 0. The predicted octanol–water partition coefficient (Wildman–Crippen LogP) is 5.97. The molecule has 0 saturated carbocycles. The van der Waals surface area contributed by atoms with Crippen molar-refractivity contribution in [3.8, 4) is 28.3 Å². The quantitative estimate of drug-likeness (QED) is 0.386. The maximum absolute atomic E-state index is 15.3. The van der Waals surface area contributed by atoms with Crippen LogP contribution in [0.1, 0.15) is 54.8 Å². The van der Waals surface area contributed by atoms with Gasteiger partial charge < -0.3 is 14.2 Å². The standard InChI is InChI=1S/C22H21F2N3O3.C3H8O.C2H6/c1-12-6-13(2)26-22(29-3)20(12)16-7-19(24)17(8-18(16)23)21-14(10-28)9-25-27(21)15-4-5-30-11-15;1-3-4-2;1-2/h6-10,15H,4-5,11H2,1-3H3;3H2,1-2H3;1-2H3/t15-;;/m0../s1. The molecule has 0 unspecified atom stereocenters. The summed E-state index contributed by atoms with van der Waals surface area (Å²) in [5, 5.41) is 4.23. The second-order valence-corrected chi connectivity index (χ2v) is 7.88. The van der Waals surface area contributed by atoms with Gasteiger partial charge in [-0.05, 0) is 51.0 Å². The molecule has 0 bridgehead atoms. The van der Waals surface area contributed by atoms with Crippen molar-refractivity contribution in [2.75, 3.05) is 34.0 Å². The van der Waals surface area contributed by atoms with Gasteiger partial charge in [-0.1, -0.05) is 13.8 Å². The van der Waals surface area contributed by atoms with E-state index in [4.69, 9.17) is 9.47 Å². The van der Waals surface area contributed by atoms with Crippen molar-refractivity contribution in [3.05, 3.63) is 52.9 Å². The van der Waals surface area contributed by atoms with E-state index in [0.717, 1.165) is 18.7 Å². The smallest absolute Gasteiger partial charge is 0.221 e. The van der Waals surface area contributed by atoms with E-state index in [-0.39, 0.29) is 34.3 Å². The van der Waals surface area contributed by atoms with Crippen molar-refractivity contribution in [1.82, 2.24) is 14.8 Å². The molecule has 0 spiro atoms. The summed E-state index contributed by atoms with van der Waals surface area (Å²) in [5.41, 5.74) is 2.27. The molecule has 1 aromatic carbocycles. The lowest BCUT2D eigenvalue weighted by atomic mass is 9.97. The van der Waals surface area contributed by atoms with Crippen molar-refractivity contribution in [2.45, 2.75) is 47.1 Å². The molecule has 0 radical (unpaired) electrons. The number of aromatic nitrogens is 3. The number of aryl methyl sites for hydroxylation is 2. The first-order valence-corrected chi connectivity index (χ1v) is 12.0. The lowest BCUT2D eigenvalue weighted by Crippen LogP contribution is -2.12. The Bertz CT molecular complexity index is 1160. The molecule has 0 aliphatic carbocycles. The predicted molar refractivity (Wildman–Crippen MR) is 136 cm³/mol.